The number of nitrogens with zero attached hydrogens (tertiary/aromatic N) is 1. The van der Waals surface area contributed by atoms with Crippen LogP contribution in [0.25, 0.3) is 0 Å². The normalized spacial score (nSPS) is 11.6. The van der Waals surface area contributed by atoms with Gasteiger partial charge in [0.25, 0.3) is 0 Å². The Morgan fingerprint density at radius 2 is 1.77 bits per heavy atom. The molecule has 2 aromatic rings. The summed E-state index contributed by atoms with van der Waals surface area (Å²) in [4.78, 5) is 12.1. The molecule has 0 unspecified atom stereocenters. The zero-order valence-electron chi connectivity index (χ0n) is 13.9. The van der Waals surface area contributed by atoms with E-state index in [9.17, 15) is 13.2 Å². The van der Waals surface area contributed by atoms with E-state index in [2.05, 4.69) is 5.32 Å². The first-order valence-corrected chi connectivity index (χ1v) is 10.3. The SMILES string of the molecule is CCN(CC(=O)NCc1ccccc1Cl)S(=O)(=O)c1cc(Cl)ccc1Cl. The van der Waals surface area contributed by atoms with Crippen molar-refractivity contribution in [2.24, 2.45) is 0 Å². The molecule has 1 amide bonds. The summed E-state index contributed by atoms with van der Waals surface area (Å²) in [6.07, 6.45) is 0. The van der Waals surface area contributed by atoms with Crippen molar-refractivity contribution in [1.29, 1.82) is 0 Å². The summed E-state index contributed by atoms with van der Waals surface area (Å²) in [7, 11) is -3.96. The second-order valence-electron chi connectivity index (χ2n) is 5.37. The molecule has 5 nitrogen and oxygen atoms in total. The molecule has 0 fully saturated rings. The minimum absolute atomic E-state index is 0.0457. The Hall–Kier alpha value is -1.31. The highest BCUT2D eigenvalue weighted by Crippen LogP contribution is 2.27. The van der Waals surface area contributed by atoms with Crippen LogP contribution >= 0.6 is 34.8 Å². The fourth-order valence-corrected chi connectivity index (χ4v) is 4.58. The molecule has 140 valence electrons. The molecule has 26 heavy (non-hydrogen) atoms. The van der Waals surface area contributed by atoms with Crippen molar-refractivity contribution in [3.8, 4) is 0 Å². The number of rotatable bonds is 7. The lowest BCUT2D eigenvalue weighted by atomic mass is 10.2. The average molecular weight is 436 g/mol. The predicted molar refractivity (Wildman–Crippen MR) is 104 cm³/mol. The van der Waals surface area contributed by atoms with Crippen LogP contribution in [0.15, 0.2) is 47.4 Å². The van der Waals surface area contributed by atoms with Crippen molar-refractivity contribution in [2.45, 2.75) is 18.4 Å². The molecule has 2 aromatic carbocycles. The molecule has 2 rings (SSSR count). The van der Waals surface area contributed by atoms with Gasteiger partial charge < -0.3 is 5.32 Å². The van der Waals surface area contributed by atoms with Crippen LogP contribution in [0, 0.1) is 0 Å². The highest BCUT2D eigenvalue weighted by atomic mass is 35.5. The van der Waals surface area contributed by atoms with E-state index >= 15 is 0 Å². The second kappa shape index (κ2) is 9.06. The quantitative estimate of drug-likeness (QED) is 0.715. The maximum atomic E-state index is 12.8. The lowest BCUT2D eigenvalue weighted by Crippen LogP contribution is -2.40. The molecule has 1 N–H and O–H groups in total. The summed E-state index contributed by atoms with van der Waals surface area (Å²) in [5, 5.41) is 3.48. The van der Waals surface area contributed by atoms with Crippen molar-refractivity contribution in [1.82, 2.24) is 9.62 Å². The third-order valence-electron chi connectivity index (χ3n) is 3.62. The smallest absolute Gasteiger partial charge is 0.245 e. The molecule has 0 aliphatic heterocycles. The van der Waals surface area contributed by atoms with Crippen LogP contribution in [0.2, 0.25) is 15.1 Å². The number of carbonyl (C=O) groups excluding carboxylic acids is 1. The number of hydrogen-bond acceptors (Lipinski definition) is 3. The predicted octanol–water partition coefficient (Wildman–Crippen LogP) is 3.97. The maximum absolute atomic E-state index is 12.8. The lowest BCUT2D eigenvalue weighted by molar-refractivity contribution is -0.121. The van der Waals surface area contributed by atoms with Gasteiger partial charge in [0, 0.05) is 23.1 Å². The monoisotopic (exact) mass is 434 g/mol. The van der Waals surface area contributed by atoms with E-state index in [0.717, 1.165) is 9.87 Å². The molecule has 0 saturated carbocycles. The molecule has 0 aliphatic rings. The number of carbonyl (C=O) groups is 1. The van der Waals surface area contributed by atoms with Crippen LogP contribution in [0.1, 0.15) is 12.5 Å². The van der Waals surface area contributed by atoms with Gasteiger partial charge in [-0.2, -0.15) is 4.31 Å². The molecule has 0 aliphatic carbocycles. The Labute approximate surface area is 167 Å². The van der Waals surface area contributed by atoms with E-state index in [1.54, 1.807) is 31.2 Å². The van der Waals surface area contributed by atoms with E-state index in [1.165, 1.54) is 18.2 Å². The Morgan fingerprint density at radius 1 is 1.08 bits per heavy atom. The number of sulfonamides is 1. The third kappa shape index (κ3) is 5.11. The Kier molecular flexibility index (Phi) is 7.32. The van der Waals surface area contributed by atoms with E-state index < -0.39 is 15.9 Å². The second-order valence-corrected chi connectivity index (χ2v) is 8.53. The number of nitrogens with one attached hydrogen (secondary N) is 1. The number of amides is 1. The molecule has 0 saturated heterocycles. The Morgan fingerprint density at radius 3 is 2.42 bits per heavy atom. The zero-order chi connectivity index (χ0) is 19.3. The Bertz CT molecular complexity index is 904. The van der Waals surface area contributed by atoms with Gasteiger partial charge in [-0.05, 0) is 29.8 Å². The van der Waals surface area contributed by atoms with Gasteiger partial charge in [0.05, 0.1) is 11.6 Å². The van der Waals surface area contributed by atoms with Crippen molar-refractivity contribution < 1.29 is 13.2 Å². The summed E-state index contributed by atoms with van der Waals surface area (Å²) in [5.74, 6) is -0.450. The molecule has 0 aromatic heterocycles. The summed E-state index contributed by atoms with van der Waals surface area (Å²) in [6.45, 7) is 1.60. The summed E-state index contributed by atoms with van der Waals surface area (Å²) in [6, 6.07) is 11.3. The minimum atomic E-state index is -3.96. The molecule has 9 heteroatoms. The largest absolute Gasteiger partial charge is 0.351 e. The topological polar surface area (TPSA) is 66.5 Å². The molecular formula is C17H17Cl3N2O3S. The highest BCUT2D eigenvalue weighted by molar-refractivity contribution is 7.89. The van der Waals surface area contributed by atoms with Crippen LogP contribution in [0.3, 0.4) is 0 Å². The standard InChI is InChI=1S/C17H17Cl3N2O3S/c1-2-22(26(24,25)16-9-13(18)7-8-15(16)20)11-17(23)21-10-12-5-3-4-6-14(12)19/h3-9H,2,10-11H2,1H3,(H,21,23). The number of likely N-dealkylation sites (N-methyl/N-ethyl adjacent to an activating group) is 1. The molecule has 0 spiro atoms. The van der Waals surface area contributed by atoms with Crippen LogP contribution < -0.4 is 5.32 Å². The van der Waals surface area contributed by atoms with Gasteiger partial charge in [-0.15, -0.1) is 0 Å². The first-order chi connectivity index (χ1) is 12.3. The van der Waals surface area contributed by atoms with Crippen molar-refractivity contribution in [3.05, 3.63) is 63.1 Å². The number of benzene rings is 2. The van der Waals surface area contributed by atoms with Gasteiger partial charge in [-0.25, -0.2) is 8.42 Å². The summed E-state index contributed by atoms with van der Waals surface area (Å²) < 4.78 is 26.6. The van der Waals surface area contributed by atoms with Crippen LogP contribution in [0.4, 0.5) is 0 Å². The molecular weight excluding hydrogens is 419 g/mol. The van der Waals surface area contributed by atoms with Gasteiger partial charge in [-0.1, -0.05) is 59.9 Å². The van der Waals surface area contributed by atoms with Crippen molar-refractivity contribution in [2.75, 3.05) is 13.1 Å². The number of halogens is 3. The third-order valence-corrected chi connectivity index (χ3v) is 6.62. The van der Waals surface area contributed by atoms with Crippen molar-refractivity contribution in [3.63, 3.8) is 0 Å². The lowest BCUT2D eigenvalue weighted by Gasteiger charge is -2.21. The minimum Gasteiger partial charge on any atom is -0.351 e. The average Bonchev–Trinajstić information content (AvgIpc) is 2.60. The van der Waals surface area contributed by atoms with Crippen LogP contribution in [-0.4, -0.2) is 31.7 Å². The van der Waals surface area contributed by atoms with E-state index in [4.69, 9.17) is 34.8 Å². The fraction of sp³-hybridized carbons (Fsp3) is 0.235. The van der Waals surface area contributed by atoms with Gasteiger partial charge in [0.15, 0.2) is 0 Å². The Balaban J connectivity index is 2.11. The van der Waals surface area contributed by atoms with Gasteiger partial charge in [0.2, 0.25) is 15.9 Å². The van der Waals surface area contributed by atoms with Crippen LogP contribution in [0.5, 0.6) is 0 Å². The molecule has 0 bridgehead atoms. The molecule has 0 radical (unpaired) electrons. The van der Waals surface area contributed by atoms with Gasteiger partial charge in [0.1, 0.15) is 4.90 Å². The first-order valence-electron chi connectivity index (χ1n) is 7.71. The maximum Gasteiger partial charge on any atom is 0.245 e. The van der Waals surface area contributed by atoms with E-state index in [-0.39, 0.29) is 34.6 Å². The highest BCUT2D eigenvalue weighted by Gasteiger charge is 2.27. The summed E-state index contributed by atoms with van der Waals surface area (Å²) >= 11 is 17.9. The first kappa shape index (κ1) is 21.0. The molecule has 0 heterocycles. The van der Waals surface area contributed by atoms with Crippen molar-refractivity contribution >= 4 is 50.7 Å². The van der Waals surface area contributed by atoms with Gasteiger partial charge in [-0.3, -0.25) is 4.79 Å². The van der Waals surface area contributed by atoms with E-state index in [1.807, 2.05) is 0 Å². The summed E-state index contributed by atoms with van der Waals surface area (Å²) in [5.41, 5.74) is 0.742. The fourth-order valence-electron chi connectivity index (χ4n) is 2.23. The van der Waals surface area contributed by atoms with Crippen LogP contribution in [-0.2, 0) is 21.4 Å². The molecule has 0 atom stereocenters. The number of hydrogen-bond donors (Lipinski definition) is 1. The van der Waals surface area contributed by atoms with Gasteiger partial charge >= 0.3 is 0 Å². The van der Waals surface area contributed by atoms with E-state index in [0.29, 0.717) is 5.02 Å². The zero-order valence-corrected chi connectivity index (χ0v) is 17.0.